The molecule has 1 aliphatic heterocycles. The van der Waals surface area contributed by atoms with Crippen LogP contribution in [0.1, 0.15) is 38.0 Å². The summed E-state index contributed by atoms with van der Waals surface area (Å²) in [4.78, 5) is 6.53. The van der Waals surface area contributed by atoms with Crippen molar-refractivity contribution in [2.45, 2.75) is 39.3 Å². The summed E-state index contributed by atoms with van der Waals surface area (Å²) in [5.41, 5.74) is 1.16. The molecular formula is C17H22N2O3. The molecule has 0 saturated carbocycles. The number of fused-ring (bicyclic) bond motifs is 1. The van der Waals surface area contributed by atoms with Crippen LogP contribution in [0.2, 0.25) is 0 Å². The molecule has 1 aromatic carbocycles. The Bertz CT molecular complexity index is 658. The van der Waals surface area contributed by atoms with Gasteiger partial charge in [0.05, 0.1) is 12.7 Å². The normalized spacial score (nSPS) is 13.9. The highest BCUT2D eigenvalue weighted by atomic mass is 16.7. The van der Waals surface area contributed by atoms with Crippen molar-refractivity contribution in [1.29, 1.82) is 0 Å². The van der Waals surface area contributed by atoms with Crippen LogP contribution in [0.5, 0.6) is 11.5 Å². The second-order valence-corrected chi connectivity index (χ2v) is 6.73. The monoisotopic (exact) mass is 302 g/mol. The molecular weight excluding hydrogens is 280 g/mol. The summed E-state index contributed by atoms with van der Waals surface area (Å²) in [6, 6.07) is 6.03. The molecule has 5 nitrogen and oxygen atoms in total. The lowest BCUT2D eigenvalue weighted by Gasteiger charge is -2.16. The van der Waals surface area contributed by atoms with Gasteiger partial charge in [-0.25, -0.2) is 4.98 Å². The van der Waals surface area contributed by atoms with Crippen molar-refractivity contribution in [1.82, 2.24) is 9.88 Å². The molecule has 0 spiro atoms. The van der Waals surface area contributed by atoms with Crippen LogP contribution in [0.15, 0.2) is 28.8 Å². The van der Waals surface area contributed by atoms with Gasteiger partial charge in [0.25, 0.3) is 0 Å². The number of ether oxygens (including phenoxy) is 2. The molecule has 118 valence electrons. The maximum Gasteiger partial charge on any atom is 0.231 e. The third kappa shape index (κ3) is 3.25. The molecule has 0 N–H and O–H groups in total. The van der Waals surface area contributed by atoms with Gasteiger partial charge in [0.2, 0.25) is 12.7 Å². The maximum absolute atomic E-state index is 5.83. The highest BCUT2D eigenvalue weighted by molar-refractivity contribution is 5.44. The summed E-state index contributed by atoms with van der Waals surface area (Å²) >= 11 is 0. The van der Waals surface area contributed by atoms with E-state index in [1.807, 2.05) is 25.4 Å². The van der Waals surface area contributed by atoms with Gasteiger partial charge in [0, 0.05) is 12.0 Å². The van der Waals surface area contributed by atoms with E-state index in [1.165, 1.54) is 5.56 Å². The number of nitrogens with zero attached hydrogens (tertiary/aromatic N) is 2. The molecule has 2 aromatic rings. The van der Waals surface area contributed by atoms with Crippen LogP contribution < -0.4 is 9.47 Å². The first-order valence-electron chi connectivity index (χ1n) is 7.44. The van der Waals surface area contributed by atoms with E-state index >= 15 is 0 Å². The van der Waals surface area contributed by atoms with Gasteiger partial charge in [0.15, 0.2) is 11.5 Å². The predicted octanol–water partition coefficient (Wildman–Crippen LogP) is 3.33. The van der Waals surface area contributed by atoms with Crippen LogP contribution >= 0.6 is 0 Å². The van der Waals surface area contributed by atoms with Crippen molar-refractivity contribution in [3.05, 3.63) is 41.6 Å². The van der Waals surface area contributed by atoms with E-state index in [2.05, 4.69) is 36.7 Å². The number of hydrogen-bond acceptors (Lipinski definition) is 5. The van der Waals surface area contributed by atoms with Crippen LogP contribution in [0.3, 0.4) is 0 Å². The van der Waals surface area contributed by atoms with E-state index in [0.29, 0.717) is 13.3 Å². The topological polar surface area (TPSA) is 47.7 Å². The minimum Gasteiger partial charge on any atom is -0.454 e. The van der Waals surface area contributed by atoms with Gasteiger partial charge in [-0.1, -0.05) is 26.8 Å². The zero-order chi connectivity index (χ0) is 15.7. The standard InChI is InChI=1S/C17H22N2O3/c1-17(2,3)15-8-18-16(22-15)10-19(4)9-12-5-6-13-14(7-12)21-11-20-13/h5-8H,9-11H2,1-4H3. The molecule has 0 fully saturated rings. The largest absolute Gasteiger partial charge is 0.454 e. The fourth-order valence-corrected chi connectivity index (χ4v) is 2.37. The molecule has 1 aromatic heterocycles. The summed E-state index contributed by atoms with van der Waals surface area (Å²) < 4.78 is 16.6. The molecule has 3 rings (SSSR count). The summed E-state index contributed by atoms with van der Waals surface area (Å²) in [6.07, 6.45) is 1.82. The fraction of sp³-hybridized carbons (Fsp3) is 0.471. The molecule has 2 heterocycles. The molecule has 0 atom stereocenters. The van der Waals surface area contributed by atoms with Crippen LogP contribution in [0.25, 0.3) is 0 Å². The Morgan fingerprint density at radius 2 is 1.91 bits per heavy atom. The van der Waals surface area contributed by atoms with Gasteiger partial charge in [-0.15, -0.1) is 0 Å². The Morgan fingerprint density at radius 1 is 1.14 bits per heavy atom. The number of benzene rings is 1. The number of rotatable bonds is 4. The third-order valence-corrected chi connectivity index (χ3v) is 3.59. The highest BCUT2D eigenvalue weighted by Crippen LogP contribution is 2.32. The second kappa shape index (κ2) is 5.65. The van der Waals surface area contributed by atoms with E-state index in [-0.39, 0.29) is 5.41 Å². The molecule has 0 bridgehead atoms. The molecule has 0 unspecified atom stereocenters. The SMILES string of the molecule is CN(Cc1ccc2c(c1)OCO2)Cc1ncc(C(C)(C)C)o1. The zero-order valence-electron chi connectivity index (χ0n) is 13.5. The summed E-state index contributed by atoms with van der Waals surface area (Å²) in [7, 11) is 2.05. The van der Waals surface area contributed by atoms with Crippen LogP contribution in [0, 0.1) is 0 Å². The fourth-order valence-electron chi connectivity index (χ4n) is 2.37. The van der Waals surface area contributed by atoms with Gasteiger partial charge >= 0.3 is 0 Å². The van der Waals surface area contributed by atoms with E-state index in [1.54, 1.807) is 0 Å². The Labute approximate surface area is 130 Å². The Morgan fingerprint density at radius 3 is 2.64 bits per heavy atom. The van der Waals surface area contributed by atoms with Crippen molar-refractivity contribution in [3.63, 3.8) is 0 Å². The predicted molar refractivity (Wildman–Crippen MR) is 82.9 cm³/mol. The Balaban J connectivity index is 1.63. The number of aromatic nitrogens is 1. The van der Waals surface area contributed by atoms with Crippen LogP contribution in [-0.2, 0) is 18.5 Å². The van der Waals surface area contributed by atoms with Crippen molar-refractivity contribution >= 4 is 0 Å². The van der Waals surface area contributed by atoms with Crippen molar-refractivity contribution in [2.24, 2.45) is 0 Å². The number of oxazole rings is 1. The lowest BCUT2D eigenvalue weighted by molar-refractivity contribution is 0.174. The van der Waals surface area contributed by atoms with E-state index < -0.39 is 0 Å². The molecule has 5 heteroatoms. The van der Waals surface area contributed by atoms with Crippen molar-refractivity contribution in [3.8, 4) is 11.5 Å². The first-order chi connectivity index (χ1) is 10.4. The summed E-state index contributed by atoms with van der Waals surface area (Å²) in [6.45, 7) is 8.13. The van der Waals surface area contributed by atoms with E-state index in [0.717, 1.165) is 29.7 Å². The van der Waals surface area contributed by atoms with E-state index in [9.17, 15) is 0 Å². The molecule has 0 radical (unpaired) electrons. The summed E-state index contributed by atoms with van der Waals surface area (Å²) in [5, 5.41) is 0. The zero-order valence-corrected chi connectivity index (χ0v) is 13.5. The van der Waals surface area contributed by atoms with Crippen LogP contribution in [-0.4, -0.2) is 23.7 Å². The first-order valence-corrected chi connectivity index (χ1v) is 7.44. The lowest BCUT2D eigenvalue weighted by Crippen LogP contribution is -2.17. The van der Waals surface area contributed by atoms with Gasteiger partial charge in [0.1, 0.15) is 5.76 Å². The van der Waals surface area contributed by atoms with Crippen molar-refractivity contribution in [2.75, 3.05) is 13.8 Å². The van der Waals surface area contributed by atoms with E-state index in [4.69, 9.17) is 13.9 Å². The lowest BCUT2D eigenvalue weighted by atomic mass is 9.94. The van der Waals surface area contributed by atoms with Gasteiger partial charge < -0.3 is 13.9 Å². The summed E-state index contributed by atoms with van der Waals surface area (Å²) in [5.74, 6) is 3.29. The molecule has 0 aliphatic carbocycles. The minimum atomic E-state index is -0.0128. The maximum atomic E-state index is 5.83. The smallest absolute Gasteiger partial charge is 0.231 e. The third-order valence-electron chi connectivity index (χ3n) is 3.59. The Kier molecular flexibility index (Phi) is 3.83. The highest BCUT2D eigenvalue weighted by Gasteiger charge is 2.20. The minimum absolute atomic E-state index is 0.0128. The molecule has 22 heavy (non-hydrogen) atoms. The average molecular weight is 302 g/mol. The quantitative estimate of drug-likeness (QED) is 0.867. The van der Waals surface area contributed by atoms with Crippen LogP contribution in [0.4, 0.5) is 0 Å². The first kappa shape index (κ1) is 14.9. The van der Waals surface area contributed by atoms with Gasteiger partial charge in [-0.05, 0) is 24.7 Å². The molecule has 0 saturated heterocycles. The Hall–Kier alpha value is -2.01. The van der Waals surface area contributed by atoms with Crippen molar-refractivity contribution < 1.29 is 13.9 Å². The average Bonchev–Trinajstić information content (AvgIpc) is 3.05. The van der Waals surface area contributed by atoms with Gasteiger partial charge in [-0.2, -0.15) is 0 Å². The van der Waals surface area contributed by atoms with Gasteiger partial charge in [-0.3, -0.25) is 4.90 Å². The number of hydrogen-bond donors (Lipinski definition) is 0. The molecule has 1 aliphatic rings. The second-order valence-electron chi connectivity index (χ2n) is 6.73. The molecule has 0 amide bonds.